The van der Waals surface area contributed by atoms with Crippen LogP contribution in [0.25, 0.3) is 0 Å². The van der Waals surface area contributed by atoms with Crippen LogP contribution in [0.15, 0.2) is 66.2 Å². The highest BCUT2D eigenvalue weighted by atomic mass is 127. The van der Waals surface area contributed by atoms with Gasteiger partial charge in [-0.15, -0.1) is 24.0 Å². The van der Waals surface area contributed by atoms with Crippen molar-refractivity contribution < 1.29 is 9.53 Å². The number of guanidine groups is 1. The van der Waals surface area contributed by atoms with Crippen LogP contribution in [0, 0.1) is 0 Å². The van der Waals surface area contributed by atoms with Crippen molar-refractivity contribution in [3.63, 3.8) is 0 Å². The Labute approximate surface area is 202 Å². The first-order valence-corrected chi connectivity index (χ1v) is 10.3. The number of nitrogens with zero attached hydrogens (tertiary/aromatic N) is 1. The van der Waals surface area contributed by atoms with E-state index in [0.29, 0.717) is 37.8 Å². The number of carbonyl (C=O) groups is 1. The molecule has 6 nitrogen and oxygen atoms in total. The predicted molar refractivity (Wildman–Crippen MR) is 138 cm³/mol. The van der Waals surface area contributed by atoms with Crippen LogP contribution >= 0.6 is 24.0 Å². The summed E-state index contributed by atoms with van der Waals surface area (Å²) in [6.07, 6.45) is 3.78. The molecule has 168 valence electrons. The van der Waals surface area contributed by atoms with Crippen LogP contribution in [0.2, 0.25) is 0 Å². The number of unbranched alkanes of at least 4 members (excludes halogenated alkanes) is 1. The van der Waals surface area contributed by atoms with E-state index < -0.39 is 0 Å². The van der Waals surface area contributed by atoms with E-state index in [9.17, 15) is 4.79 Å². The molecule has 0 unspecified atom stereocenters. The second-order valence-electron chi connectivity index (χ2n) is 6.79. The van der Waals surface area contributed by atoms with Crippen LogP contribution in [0.5, 0.6) is 5.75 Å². The van der Waals surface area contributed by atoms with Crippen molar-refractivity contribution in [1.82, 2.24) is 16.0 Å². The molecule has 0 fully saturated rings. The van der Waals surface area contributed by atoms with Gasteiger partial charge >= 0.3 is 0 Å². The lowest BCUT2D eigenvalue weighted by molar-refractivity contribution is 0.0953. The fraction of sp³-hybridized carbons (Fsp3) is 0.333. The molecule has 2 rings (SSSR count). The third-order valence-electron chi connectivity index (χ3n) is 4.49. The number of carbonyl (C=O) groups excluding carboxylic acids is 1. The summed E-state index contributed by atoms with van der Waals surface area (Å²) in [5.74, 6) is 1.49. The molecule has 2 aromatic carbocycles. The van der Waals surface area contributed by atoms with Crippen molar-refractivity contribution in [2.24, 2.45) is 4.99 Å². The van der Waals surface area contributed by atoms with Gasteiger partial charge in [0.05, 0.1) is 0 Å². The zero-order chi connectivity index (χ0) is 21.6. The first-order chi connectivity index (χ1) is 14.7. The molecular formula is C24H33IN4O2. The van der Waals surface area contributed by atoms with Gasteiger partial charge in [0.15, 0.2) is 5.96 Å². The smallest absolute Gasteiger partial charge is 0.251 e. The zero-order valence-corrected chi connectivity index (χ0v) is 20.6. The molecule has 1 amide bonds. The van der Waals surface area contributed by atoms with Crippen molar-refractivity contribution in [1.29, 1.82) is 0 Å². The Morgan fingerprint density at radius 3 is 2.45 bits per heavy atom. The second kappa shape index (κ2) is 15.3. The normalized spacial score (nSPS) is 10.6. The average Bonchev–Trinajstić information content (AvgIpc) is 2.79. The lowest BCUT2D eigenvalue weighted by atomic mass is 10.1. The number of halogens is 1. The molecule has 0 bridgehead atoms. The fourth-order valence-corrected chi connectivity index (χ4v) is 2.78. The van der Waals surface area contributed by atoms with Crippen molar-refractivity contribution in [3.05, 3.63) is 77.9 Å². The highest BCUT2D eigenvalue weighted by Gasteiger charge is 2.06. The van der Waals surface area contributed by atoms with E-state index in [1.54, 1.807) is 13.1 Å². The van der Waals surface area contributed by atoms with Crippen LogP contribution in [-0.4, -0.2) is 32.1 Å². The van der Waals surface area contributed by atoms with Gasteiger partial charge in [0.25, 0.3) is 5.91 Å². The minimum atomic E-state index is -0.0298. The van der Waals surface area contributed by atoms with E-state index in [1.165, 1.54) is 0 Å². The fourth-order valence-electron chi connectivity index (χ4n) is 2.78. The summed E-state index contributed by atoms with van der Waals surface area (Å²) in [7, 11) is 1.74. The van der Waals surface area contributed by atoms with Gasteiger partial charge < -0.3 is 20.7 Å². The topological polar surface area (TPSA) is 74.8 Å². The predicted octanol–water partition coefficient (Wildman–Crippen LogP) is 4.26. The zero-order valence-electron chi connectivity index (χ0n) is 18.3. The highest BCUT2D eigenvalue weighted by Crippen LogP contribution is 2.17. The molecular weight excluding hydrogens is 503 g/mol. The van der Waals surface area contributed by atoms with Crippen molar-refractivity contribution in [2.45, 2.75) is 32.9 Å². The Morgan fingerprint density at radius 2 is 1.77 bits per heavy atom. The van der Waals surface area contributed by atoms with Gasteiger partial charge in [-0.3, -0.25) is 9.79 Å². The van der Waals surface area contributed by atoms with Crippen molar-refractivity contribution in [2.75, 3.05) is 20.2 Å². The Morgan fingerprint density at radius 1 is 1.06 bits per heavy atom. The summed E-state index contributed by atoms with van der Waals surface area (Å²) in [4.78, 5) is 16.4. The Balaban J connectivity index is 0.00000480. The van der Waals surface area contributed by atoms with E-state index >= 15 is 0 Å². The quantitative estimate of drug-likeness (QED) is 0.132. The molecule has 0 atom stereocenters. The van der Waals surface area contributed by atoms with Crippen LogP contribution in [0.4, 0.5) is 0 Å². The number of para-hydroxylation sites is 1. The number of ether oxygens (including phenoxy) is 1. The maximum absolute atomic E-state index is 12.1. The Kier molecular flexibility index (Phi) is 13.1. The van der Waals surface area contributed by atoms with Crippen molar-refractivity contribution >= 4 is 35.8 Å². The molecule has 2 aromatic rings. The number of nitrogens with one attached hydrogen (secondary N) is 3. The van der Waals surface area contributed by atoms with Gasteiger partial charge in [-0.2, -0.15) is 0 Å². The molecule has 0 saturated heterocycles. The number of amides is 1. The van der Waals surface area contributed by atoms with Gasteiger partial charge in [-0.1, -0.05) is 56.3 Å². The largest absolute Gasteiger partial charge is 0.489 e. The van der Waals surface area contributed by atoms with Crippen LogP contribution < -0.4 is 20.7 Å². The first kappa shape index (κ1) is 26.5. The van der Waals surface area contributed by atoms with E-state index in [-0.39, 0.29) is 29.9 Å². The standard InChI is InChI=1S/C24H32N4O2.HI/c1-4-6-15-26-23(29)20-13-11-19(12-14-20)17-27-24(25-3)28-18-21-9-7-8-10-22(21)30-16-5-2;/h5,7-14H,2,4,6,15-18H2,1,3H3,(H,26,29)(H2,25,27,28);1H. The summed E-state index contributed by atoms with van der Waals surface area (Å²) in [6, 6.07) is 15.5. The third-order valence-corrected chi connectivity index (χ3v) is 4.49. The Bertz CT molecular complexity index is 838. The van der Waals surface area contributed by atoms with Gasteiger partial charge in [-0.05, 0) is 30.2 Å². The molecule has 31 heavy (non-hydrogen) atoms. The van der Waals surface area contributed by atoms with E-state index in [0.717, 1.165) is 29.7 Å². The molecule has 0 aliphatic rings. The van der Waals surface area contributed by atoms with Crippen LogP contribution in [0.3, 0.4) is 0 Å². The molecule has 0 aliphatic carbocycles. The molecule has 7 heteroatoms. The van der Waals surface area contributed by atoms with E-state index in [1.807, 2.05) is 48.5 Å². The summed E-state index contributed by atoms with van der Waals surface area (Å²) >= 11 is 0. The monoisotopic (exact) mass is 536 g/mol. The minimum absolute atomic E-state index is 0. The maximum atomic E-state index is 12.1. The lowest BCUT2D eigenvalue weighted by Gasteiger charge is -2.14. The number of benzene rings is 2. The SMILES string of the molecule is C=CCOc1ccccc1CNC(=NC)NCc1ccc(C(=O)NCCCC)cc1.I. The van der Waals surface area contributed by atoms with Gasteiger partial charge in [0, 0.05) is 37.8 Å². The van der Waals surface area contributed by atoms with Crippen LogP contribution in [-0.2, 0) is 13.1 Å². The van der Waals surface area contributed by atoms with Gasteiger partial charge in [-0.25, -0.2) is 0 Å². The molecule has 0 radical (unpaired) electrons. The summed E-state index contributed by atoms with van der Waals surface area (Å²) in [6.45, 7) is 8.16. The van der Waals surface area contributed by atoms with E-state index in [4.69, 9.17) is 4.74 Å². The molecule has 0 heterocycles. The number of hydrogen-bond acceptors (Lipinski definition) is 3. The third kappa shape index (κ3) is 9.42. The van der Waals surface area contributed by atoms with Crippen LogP contribution in [0.1, 0.15) is 41.3 Å². The van der Waals surface area contributed by atoms with Crippen molar-refractivity contribution in [3.8, 4) is 5.75 Å². The number of rotatable bonds is 11. The second-order valence-corrected chi connectivity index (χ2v) is 6.79. The molecule has 0 spiro atoms. The number of hydrogen-bond donors (Lipinski definition) is 3. The molecule has 3 N–H and O–H groups in total. The minimum Gasteiger partial charge on any atom is -0.489 e. The summed E-state index contributed by atoms with van der Waals surface area (Å²) < 4.78 is 5.69. The van der Waals surface area contributed by atoms with Gasteiger partial charge in [0.1, 0.15) is 12.4 Å². The molecule has 0 saturated carbocycles. The average molecular weight is 536 g/mol. The Hall–Kier alpha value is -2.55. The first-order valence-electron chi connectivity index (χ1n) is 10.3. The lowest BCUT2D eigenvalue weighted by Crippen LogP contribution is -2.36. The number of aliphatic imine (C=N–C) groups is 1. The van der Waals surface area contributed by atoms with E-state index in [2.05, 4.69) is 34.4 Å². The summed E-state index contributed by atoms with van der Waals surface area (Å²) in [5.41, 5.74) is 2.78. The maximum Gasteiger partial charge on any atom is 0.251 e. The van der Waals surface area contributed by atoms with Gasteiger partial charge in [0.2, 0.25) is 0 Å². The summed E-state index contributed by atoms with van der Waals surface area (Å²) in [5, 5.41) is 9.52. The molecule has 0 aliphatic heterocycles. The molecule has 0 aromatic heterocycles. The highest BCUT2D eigenvalue weighted by molar-refractivity contribution is 14.0.